The van der Waals surface area contributed by atoms with Crippen molar-refractivity contribution in [3.05, 3.63) is 70.3 Å². The number of aryl methyl sites for hydroxylation is 2. The highest BCUT2D eigenvalue weighted by Crippen LogP contribution is 2.16. The number of nitrogens with one attached hydrogen (secondary N) is 1. The Morgan fingerprint density at radius 1 is 1.11 bits per heavy atom. The van der Waals surface area contributed by atoms with Crippen LogP contribution in [0.25, 0.3) is 5.69 Å². The SMILES string of the molecule is CCOc1ccc(C[NH+](C)Cn2ncn(-c3ccc(C)cc3C)c2=S)cc1. The molecular weight excluding hydrogens is 356 g/mol. The van der Waals surface area contributed by atoms with E-state index < -0.39 is 0 Å². The highest BCUT2D eigenvalue weighted by molar-refractivity contribution is 7.71. The second-order valence-electron chi connectivity index (χ2n) is 6.94. The van der Waals surface area contributed by atoms with Crippen molar-refractivity contribution in [2.24, 2.45) is 0 Å². The average molecular weight is 384 g/mol. The first-order valence-corrected chi connectivity index (χ1v) is 9.64. The zero-order chi connectivity index (χ0) is 19.4. The molecule has 3 aromatic rings. The monoisotopic (exact) mass is 383 g/mol. The minimum atomic E-state index is 0.686. The number of nitrogens with zero attached hydrogens (tertiary/aromatic N) is 3. The molecule has 1 atom stereocenters. The second kappa shape index (κ2) is 8.50. The minimum Gasteiger partial charge on any atom is -0.494 e. The Hall–Kier alpha value is -2.44. The molecule has 5 nitrogen and oxygen atoms in total. The number of hydrogen-bond donors (Lipinski definition) is 1. The van der Waals surface area contributed by atoms with Crippen LogP contribution in [0.2, 0.25) is 0 Å². The third-order valence-electron chi connectivity index (χ3n) is 4.51. The van der Waals surface area contributed by atoms with Crippen LogP contribution in [-0.4, -0.2) is 28.0 Å². The lowest BCUT2D eigenvalue weighted by Gasteiger charge is -2.14. The molecule has 1 N–H and O–H groups in total. The summed E-state index contributed by atoms with van der Waals surface area (Å²) in [4.78, 5) is 1.31. The Morgan fingerprint density at radius 2 is 1.85 bits per heavy atom. The van der Waals surface area contributed by atoms with E-state index in [1.165, 1.54) is 21.6 Å². The lowest BCUT2D eigenvalue weighted by atomic mass is 10.1. The van der Waals surface area contributed by atoms with Crippen LogP contribution in [-0.2, 0) is 13.2 Å². The van der Waals surface area contributed by atoms with E-state index in [2.05, 4.69) is 56.3 Å². The number of aromatic nitrogens is 3. The molecule has 2 aromatic carbocycles. The predicted octanol–water partition coefficient (Wildman–Crippen LogP) is 3.09. The number of ether oxygens (including phenoxy) is 1. The number of quaternary nitrogens is 1. The third-order valence-corrected chi connectivity index (χ3v) is 4.91. The summed E-state index contributed by atoms with van der Waals surface area (Å²) in [6.07, 6.45) is 1.81. The molecule has 0 saturated carbocycles. The topological polar surface area (TPSA) is 36.4 Å². The second-order valence-corrected chi connectivity index (χ2v) is 7.31. The quantitative estimate of drug-likeness (QED) is 0.637. The molecule has 0 aliphatic carbocycles. The van der Waals surface area contributed by atoms with Gasteiger partial charge in [-0.05, 0) is 68.9 Å². The molecule has 1 heterocycles. The van der Waals surface area contributed by atoms with Gasteiger partial charge in [0, 0.05) is 5.56 Å². The third kappa shape index (κ3) is 4.64. The molecule has 0 radical (unpaired) electrons. The van der Waals surface area contributed by atoms with Crippen molar-refractivity contribution in [3.63, 3.8) is 0 Å². The number of hydrogen-bond acceptors (Lipinski definition) is 3. The number of benzene rings is 2. The first kappa shape index (κ1) is 19.3. The molecular formula is C21H27N4OS+. The summed E-state index contributed by atoms with van der Waals surface area (Å²) in [5.41, 5.74) is 4.78. The van der Waals surface area contributed by atoms with Crippen molar-refractivity contribution < 1.29 is 9.64 Å². The largest absolute Gasteiger partial charge is 0.494 e. The van der Waals surface area contributed by atoms with E-state index in [-0.39, 0.29) is 0 Å². The van der Waals surface area contributed by atoms with Crippen LogP contribution in [0.5, 0.6) is 5.75 Å². The highest BCUT2D eigenvalue weighted by atomic mass is 32.1. The van der Waals surface area contributed by atoms with Crippen LogP contribution in [0.4, 0.5) is 0 Å². The van der Waals surface area contributed by atoms with Gasteiger partial charge >= 0.3 is 0 Å². The van der Waals surface area contributed by atoms with Gasteiger partial charge < -0.3 is 9.64 Å². The normalized spacial score (nSPS) is 12.1. The highest BCUT2D eigenvalue weighted by Gasteiger charge is 2.11. The summed E-state index contributed by atoms with van der Waals surface area (Å²) in [5, 5.41) is 4.51. The van der Waals surface area contributed by atoms with Crippen molar-refractivity contribution in [2.45, 2.75) is 34.0 Å². The maximum absolute atomic E-state index is 5.66. The molecule has 0 amide bonds. The Labute approximate surface area is 165 Å². The first-order chi connectivity index (χ1) is 13.0. The summed E-state index contributed by atoms with van der Waals surface area (Å²) in [5.74, 6) is 0.910. The lowest BCUT2D eigenvalue weighted by molar-refractivity contribution is -0.917. The van der Waals surface area contributed by atoms with E-state index in [1.807, 2.05) is 34.6 Å². The van der Waals surface area contributed by atoms with Gasteiger partial charge in [0.25, 0.3) is 0 Å². The van der Waals surface area contributed by atoms with E-state index in [1.54, 1.807) is 0 Å². The van der Waals surface area contributed by atoms with Crippen molar-refractivity contribution in [1.29, 1.82) is 0 Å². The van der Waals surface area contributed by atoms with Crippen molar-refractivity contribution >= 4 is 12.2 Å². The molecule has 0 aliphatic rings. The molecule has 3 rings (SSSR count). The van der Waals surface area contributed by atoms with Crippen LogP contribution in [0.1, 0.15) is 23.6 Å². The van der Waals surface area contributed by atoms with E-state index in [4.69, 9.17) is 17.0 Å². The minimum absolute atomic E-state index is 0.686. The van der Waals surface area contributed by atoms with Crippen molar-refractivity contribution in [2.75, 3.05) is 13.7 Å². The molecule has 1 aromatic heterocycles. The van der Waals surface area contributed by atoms with Crippen LogP contribution in [0.15, 0.2) is 48.8 Å². The summed E-state index contributed by atoms with van der Waals surface area (Å²) in [7, 11) is 2.15. The molecule has 0 spiro atoms. The Morgan fingerprint density at radius 3 is 2.52 bits per heavy atom. The maximum atomic E-state index is 5.66. The van der Waals surface area contributed by atoms with Gasteiger partial charge in [0.15, 0.2) is 6.67 Å². The Bertz CT molecular complexity index is 959. The van der Waals surface area contributed by atoms with E-state index in [0.717, 1.165) is 18.0 Å². The molecule has 1 unspecified atom stereocenters. The molecule has 27 heavy (non-hydrogen) atoms. The summed E-state index contributed by atoms with van der Waals surface area (Å²) >= 11 is 5.66. The van der Waals surface area contributed by atoms with Crippen LogP contribution >= 0.6 is 12.2 Å². The van der Waals surface area contributed by atoms with E-state index in [9.17, 15) is 0 Å². The first-order valence-electron chi connectivity index (χ1n) is 9.23. The van der Waals surface area contributed by atoms with Crippen LogP contribution in [0.3, 0.4) is 0 Å². The van der Waals surface area contributed by atoms with E-state index >= 15 is 0 Å². The molecule has 0 aliphatic heterocycles. The summed E-state index contributed by atoms with van der Waals surface area (Å²) < 4.78 is 10.1. The summed E-state index contributed by atoms with van der Waals surface area (Å²) in [6, 6.07) is 14.6. The lowest BCUT2D eigenvalue weighted by Crippen LogP contribution is -3.07. The Balaban J connectivity index is 1.70. The number of rotatable bonds is 7. The molecule has 142 valence electrons. The molecule has 6 heteroatoms. The maximum Gasteiger partial charge on any atom is 0.207 e. The van der Waals surface area contributed by atoms with Gasteiger partial charge in [-0.3, -0.25) is 4.57 Å². The fourth-order valence-corrected chi connectivity index (χ4v) is 3.47. The van der Waals surface area contributed by atoms with Gasteiger partial charge in [0.05, 0.1) is 19.3 Å². The zero-order valence-corrected chi connectivity index (χ0v) is 17.2. The molecule has 0 fully saturated rings. The van der Waals surface area contributed by atoms with Crippen molar-refractivity contribution in [3.8, 4) is 11.4 Å². The zero-order valence-electron chi connectivity index (χ0n) is 16.4. The fraction of sp³-hybridized carbons (Fsp3) is 0.333. The standard InChI is InChI=1S/C21H26N4OS/c1-5-26-19-9-7-18(8-10-19)13-23(4)15-25-21(27)24(14-22-25)20-11-6-16(2)12-17(20)3/h6-12,14H,5,13,15H2,1-4H3/p+1. The van der Waals surface area contributed by atoms with E-state index in [0.29, 0.717) is 18.0 Å². The van der Waals surface area contributed by atoms with Crippen LogP contribution < -0.4 is 9.64 Å². The molecule has 0 saturated heterocycles. The fourth-order valence-electron chi connectivity index (χ4n) is 3.22. The van der Waals surface area contributed by atoms with Gasteiger partial charge in [-0.2, -0.15) is 9.78 Å². The summed E-state index contributed by atoms with van der Waals surface area (Å²) in [6.45, 7) is 8.48. The van der Waals surface area contributed by atoms with Crippen molar-refractivity contribution in [1.82, 2.24) is 14.3 Å². The van der Waals surface area contributed by atoms with Gasteiger partial charge in [-0.15, -0.1) is 0 Å². The van der Waals surface area contributed by atoms with Gasteiger partial charge in [-0.1, -0.05) is 17.7 Å². The Kier molecular flexibility index (Phi) is 6.08. The van der Waals surface area contributed by atoms with Gasteiger partial charge in [0.1, 0.15) is 18.6 Å². The van der Waals surface area contributed by atoms with Crippen LogP contribution in [0, 0.1) is 18.6 Å². The average Bonchev–Trinajstić information content (AvgIpc) is 2.97. The predicted molar refractivity (Wildman–Crippen MR) is 110 cm³/mol. The van der Waals surface area contributed by atoms with Gasteiger partial charge in [0.2, 0.25) is 4.77 Å². The van der Waals surface area contributed by atoms with Gasteiger partial charge in [-0.25, -0.2) is 0 Å². The smallest absolute Gasteiger partial charge is 0.207 e. The molecule has 0 bridgehead atoms.